The molecule has 2 nitrogen and oxygen atoms in total. The Kier molecular flexibility index (Phi) is 3.15. The first kappa shape index (κ1) is 12.7. The van der Waals surface area contributed by atoms with E-state index >= 15 is 0 Å². The first-order chi connectivity index (χ1) is 9.70. The highest BCUT2D eigenvalue weighted by Crippen LogP contribution is 2.29. The molecule has 1 heterocycles. The van der Waals surface area contributed by atoms with Crippen molar-refractivity contribution in [3.8, 4) is 0 Å². The molecule has 0 aromatic heterocycles. The fraction of sp³-hybridized carbons (Fsp3) is 0.167. The third-order valence-corrected chi connectivity index (χ3v) is 3.81. The maximum Gasteiger partial charge on any atom is 0.259 e. The van der Waals surface area contributed by atoms with Crippen LogP contribution in [0.5, 0.6) is 0 Å². The van der Waals surface area contributed by atoms with E-state index in [1.165, 1.54) is 5.56 Å². The third-order valence-electron chi connectivity index (χ3n) is 3.81. The maximum absolute atomic E-state index is 12.7. The Morgan fingerprint density at radius 3 is 2.55 bits per heavy atom. The van der Waals surface area contributed by atoms with Crippen LogP contribution in [0.4, 0.5) is 5.69 Å². The molecule has 1 amide bonds. The van der Waals surface area contributed by atoms with Crippen molar-refractivity contribution in [3.63, 3.8) is 0 Å². The number of rotatable bonds is 2. The van der Waals surface area contributed by atoms with Crippen molar-refractivity contribution in [1.82, 2.24) is 0 Å². The highest BCUT2D eigenvalue weighted by molar-refractivity contribution is 6.08. The predicted molar refractivity (Wildman–Crippen MR) is 82.1 cm³/mol. The molecule has 1 aliphatic heterocycles. The minimum absolute atomic E-state index is 0.0140. The highest BCUT2D eigenvalue weighted by Gasteiger charge is 2.31. The number of amides is 1. The first-order valence-electron chi connectivity index (χ1n) is 6.81. The monoisotopic (exact) mass is 263 g/mol. The Labute approximate surface area is 119 Å². The van der Waals surface area contributed by atoms with Gasteiger partial charge < -0.3 is 4.90 Å². The molecular formula is C18H17NO. The van der Waals surface area contributed by atoms with Crippen molar-refractivity contribution in [2.45, 2.75) is 19.4 Å². The molecule has 0 fully saturated rings. The van der Waals surface area contributed by atoms with Gasteiger partial charge in [-0.1, -0.05) is 42.0 Å². The second-order valence-corrected chi connectivity index (χ2v) is 5.18. The van der Waals surface area contributed by atoms with Gasteiger partial charge in [0.05, 0.1) is 6.04 Å². The molecule has 0 saturated heterocycles. The lowest BCUT2D eigenvalue weighted by Gasteiger charge is -2.35. The molecule has 2 aromatic carbocycles. The zero-order valence-corrected chi connectivity index (χ0v) is 11.5. The molecule has 0 saturated carbocycles. The maximum atomic E-state index is 12.7. The van der Waals surface area contributed by atoms with E-state index in [9.17, 15) is 4.79 Å². The van der Waals surface area contributed by atoms with Crippen LogP contribution in [0.3, 0.4) is 0 Å². The average molecular weight is 263 g/mol. The Morgan fingerprint density at radius 1 is 1.15 bits per heavy atom. The summed E-state index contributed by atoms with van der Waals surface area (Å²) in [4.78, 5) is 14.6. The van der Waals surface area contributed by atoms with Crippen molar-refractivity contribution in [1.29, 1.82) is 0 Å². The van der Waals surface area contributed by atoms with Gasteiger partial charge >= 0.3 is 0 Å². The Bertz CT molecular complexity index is 657. The van der Waals surface area contributed by atoms with Crippen LogP contribution in [-0.2, 0) is 6.42 Å². The van der Waals surface area contributed by atoms with Gasteiger partial charge in [-0.05, 0) is 37.1 Å². The first-order valence-corrected chi connectivity index (χ1v) is 6.81. The van der Waals surface area contributed by atoms with E-state index < -0.39 is 0 Å². The molecule has 0 spiro atoms. The highest BCUT2D eigenvalue weighted by atomic mass is 16.2. The summed E-state index contributed by atoms with van der Waals surface area (Å²) < 4.78 is 0. The summed E-state index contributed by atoms with van der Waals surface area (Å²) in [5.74, 6) is 0.0561. The molecule has 0 bridgehead atoms. The number of fused-ring (bicyclic) bond motifs is 1. The summed E-state index contributed by atoms with van der Waals surface area (Å²) in [6, 6.07) is 15.9. The number of nitrogens with zero attached hydrogens (tertiary/aromatic N) is 1. The van der Waals surface area contributed by atoms with E-state index in [0.29, 0.717) is 0 Å². The second-order valence-electron chi connectivity index (χ2n) is 5.18. The fourth-order valence-electron chi connectivity index (χ4n) is 2.71. The lowest BCUT2D eigenvalue weighted by atomic mass is 9.92. The molecule has 1 aliphatic rings. The molecule has 0 radical (unpaired) electrons. The summed E-state index contributed by atoms with van der Waals surface area (Å²) in [6.07, 6.45) is 2.67. The average Bonchev–Trinajstić information content (AvgIpc) is 2.48. The molecule has 100 valence electrons. The molecule has 1 unspecified atom stereocenters. The zero-order valence-electron chi connectivity index (χ0n) is 11.5. The Balaban J connectivity index is 2.08. The van der Waals surface area contributed by atoms with Crippen LogP contribution in [0, 0.1) is 6.92 Å². The molecule has 1 atom stereocenters. The van der Waals surface area contributed by atoms with Crippen molar-refractivity contribution in [3.05, 3.63) is 77.9 Å². The lowest BCUT2D eigenvalue weighted by Crippen LogP contribution is -2.44. The molecule has 20 heavy (non-hydrogen) atoms. The standard InChI is InChI=1S/C18H17NO/c1-3-15-12-14-6-4-5-7-17(14)18(20)19(15)16-10-8-13(2)9-11-16/h3-11,15H,1,12H2,2H3. The van der Waals surface area contributed by atoms with E-state index in [4.69, 9.17) is 0 Å². The minimum atomic E-state index is 0.0140. The number of aryl methyl sites for hydroxylation is 1. The van der Waals surface area contributed by atoms with Gasteiger partial charge in [-0.25, -0.2) is 0 Å². The van der Waals surface area contributed by atoms with Crippen LogP contribution < -0.4 is 4.90 Å². The number of hydrogen-bond acceptors (Lipinski definition) is 1. The molecule has 2 heteroatoms. The second kappa shape index (κ2) is 4.97. The van der Waals surface area contributed by atoms with Gasteiger partial charge in [0.15, 0.2) is 0 Å². The smallest absolute Gasteiger partial charge is 0.259 e. The van der Waals surface area contributed by atoms with Crippen molar-refractivity contribution in [2.24, 2.45) is 0 Å². The van der Waals surface area contributed by atoms with Gasteiger partial charge in [0, 0.05) is 11.3 Å². The van der Waals surface area contributed by atoms with E-state index in [1.807, 2.05) is 66.4 Å². The van der Waals surface area contributed by atoms with E-state index in [0.717, 1.165) is 23.2 Å². The largest absolute Gasteiger partial charge is 0.301 e. The van der Waals surface area contributed by atoms with Crippen molar-refractivity contribution in [2.75, 3.05) is 4.90 Å². The molecular weight excluding hydrogens is 246 g/mol. The van der Waals surface area contributed by atoms with Gasteiger partial charge in [-0.3, -0.25) is 4.79 Å². The fourth-order valence-corrected chi connectivity index (χ4v) is 2.71. The number of hydrogen-bond donors (Lipinski definition) is 0. The van der Waals surface area contributed by atoms with Crippen LogP contribution in [0.1, 0.15) is 21.5 Å². The topological polar surface area (TPSA) is 20.3 Å². The summed E-state index contributed by atoms with van der Waals surface area (Å²) in [5, 5.41) is 0. The van der Waals surface area contributed by atoms with Crippen molar-refractivity contribution < 1.29 is 4.79 Å². The number of carbonyl (C=O) groups excluding carboxylic acids is 1. The number of benzene rings is 2. The van der Waals surface area contributed by atoms with E-state index in [1.54, 1.807) is 0 Å². The normalized spacial score (nSPS) is 17.8. The third kappa shape index (κ3) is 2.03. The molecule has 2 aromatic rings. The van der Waals surface area contributed by atoms with Gasteiger partial charge in [0.25, 0.3) is 5.91 Å². The quantitative estimate of drug-likeness (QED) is 0.756. The Hall–Kier alpha value is -2.35. The van der Waals surface area contributed by atoms with Crippen LogP contribution >= 0.6 is 0 Å². The summed E-state index contributed by atoms with van der Waals surface area (Å²) >= 11 is 0. The van der Waals surface area contributed by atoms with E-state index in [-0.39, 0.29) is 11.9 Å². The number of carbonyl (C=O) groups is 1. The van der Waals surface area contributed by atoms with Gasteiger partial charge in [-0.15, -0.1) is 6.58 Å². The van der Waals surface area contributed by atoms with Crippen LogP contribution in [0.25, 0.3) is 0 Å². The van der Waals surface area contributed by atoms with Crippen LogP contribution in [0.15, 0.2) is 61.2 Å². The molecule has 0 aliphatic carbocycles. The van der Waals surface area contributed by atoms with Crippen LogP contribution in [-0.4, -0.2) is 11.9 Å². The van der Waals surface area contributed by atoms with Gasteiger partial charge in [0.1, 0.15) is 0 Å². The van der Waals surface area contributed by atoms with Gasteiger partial charge in [0.2, 0.25) is 0 Å². The lowest BCUT2D eigenvalue weighted by molar-refractivity contribution is 0.0973. The summed E-state index contributed by atoms with van der Waals surface area (Å²) in [7, 11) is 0. The molecule has 3 rings (SSSR count). The van der Waals surface area contributed by atoms with Crippen molar-refractivity contribution >= 4 is 11.6 Å². The van der Waals surface area contributed by atoms with Crippen LogP contribution in [0.2, 0.25) is 0 Å². The predicted octanol–water partition coefficient (Wildman–Crippen LogP) is 3.75. The summed E-state index contributed by atoms with van der Waals surface area (Å²) in [5.41, 5.74) is 4.02. The Morgan fingerprint density at radius 2 is 1.85 bits per heavy atom. The van der Waals surface area contributed by atoms with Gasteiger partial charge in [-0.2, -0.15) is 0 Å². The van der Waals surface area contributed by atoms with E-state index in [2.05, 4.69) is 6.58 Å². The molecule has 0 N–H and O–H groups in total. The minimum Gasteiger partial charge on any atom is -0.301 e. The summed E-state index contributed by atoms with van der Waals surface area (Å²) in [6.45, 7) is 5.93. The SMILES string of the molecule is C=CC1Cc2ccccc2C(=O)N1c1ccc(C)cc1. The number of anilines is 1. The zero-order chi connectivity index (χ0) is 14.1.